The summed E-state index contributed by atoms with van der Waals surface area (Å²) in [5.41, 5.74) is 2.15. The maximum Gasteiger partial charge on any atom is 0.249 e. The first-order valence-electron chi connectivity index (χ1n) is 9.63. The molecule has 5 heteroatoms. The van der Waals surface area contributed by atoms with Crippen LogP contribution in [0.3, 0.4) is 0 Å². The van der Waals surface area contributed by atoms with E-state index in [-0.39, 0.29) is 12.0 Å². The number of unbranched alkanes of at least 4 members (excludes halogenated alkanes) is 4. The van der Waals surface area contributed by atoms with Crippen molar-refractivity contribution < 1.29 is 9.53 Å². The number of nitrogens with one attached hydrogen (secondary N) is 1. The van der Waals surface area contributed by atoms with Gasteiger partial charge >= 0.3 is 0 Å². The number of hydrogen-bond acceptors (Lipinski definition) is 3. The first-order chi connectivity index (χ1) is 12.3. The lowest BCUT2D eigenvalue weighted by atomic mass is 10.1. The summed E-state index contributed by atoms with van der Waals surface area (Å²) in [4.78, 5) is 16.9. The Morgan fingerprint density at radius 3 is 2.92 bits per heavy atom. The van der Waals surface area contributed by atoms with Gasteiger partial charge in [0.05, 0.1) is 17.6 Å². The minimum atomic E-state index is -0.285. The number of carbonyl (C=O) groups excluding carboxylic acids is 1. The zero-order valence-corrected chi connectivity index (χ0v) is 15.2. The summed E-state index contributed by atoms with van der Waals surface area (Å²) >= 11 is 0. The topological polar surface area (TPSA) is 56.2 Å². The first-order valence-corrected chi connectivity index (χ1v) is 9.63. The van der Waals surface area contributed by atoms with Crippen LogP contribution in [0, 0.1) is 0 Å². The summed E-state index contributed by atoms with van der Waals surface area (Å²) in [6.07, 6.45) is 7.73. The van der Waals surface area contributed by atoms with E-state index in [1.54, 1.807) is 0 Å². The van der Waals surface area contributed by atoms with E-state index in [1.807, 2.05) is 18.2 Å². The van der Waals surface area contributed by atoms with Gasteiger partial charge in [0.25, 0.3) is 0 Å². The van der Waals surface area contributed by atoms with Crippen LogP contribution >= 0.6 is 0 Å². The number of aromatic nitrogens is 2. The smallest absolute Gasteiger partial charge is 0.249 e. The summed E-state index contributed by atoms with van der Waals surface area (Å²) in [5.74, 6) is 0.919. The fourth-order valence-electron chi connectivity index (χ4n) is 3.45. The number of amides is 1. The highest BCUT2D eigenvalue weighted by atomic mass is 16.5. The summed E-state index contributed by atoms with van der Waals surface area (Å²) in [6, 6.07) is 8.20. The zero-order chi connectivity index (χ0) is 17.5. The van der Waals surface area contributed by atoms with Gasteiger partial charge in [0, 0.05) is 13.2 Å². The van der Waals surface area contributed by atoms with Gasteiger partial charge in [-0.05, 0) is 31.4 Å². The van der Waals surface area contributed by atoms with Gasteiger partial charge in [0.2, 0.25) is 5.91 Å². The van der Waals surface area contributed by atoms with Gasteiger partial charge in [-0.2, -0.15) is 0 Å². The van der Waals surface area contributed by atoms with Crippen molar-refractivity contribution >= 4 is 16.9 Å². The Labute approximate surface area is 149 Å². The number of imidazole rings is 1. The number of nitrogens with zero attached hydrogens (tertiary/aromatic N) is 2. The molecule has 136 valence electrons. The van der Waals surface area contributed by atoms with Crippen molar-refractivity contribution in [3.63, 3.8) is 0 Å². The summed E-state index contributed by atoms with van der Waals surface area (Å²) < 4.78 is 7.72. The van der Waals surface area contributed by atoms with E-state index < -0.39 is 0 Å². The highest BCUT2D eigenvalue weighted by Crippen LogP contribution is 2.18. The Kier molecular flexibility index (Phi) is 6.45. The summed E-state index contributed by atoms with van der Waals surface area (Å²) in [5, 5.41) is 3.01. The molecule has 0 saturated carbocycles. The molecule has 1 aliphatic rings. The third kappa shape index (κ3) is 4.60. The largest absolute Gasteiger partial charge is 0.368 e. The lowest BCUT2D eigenvalue weighted by Gasteiger charge is -2.12. The number of carbonyl (C=O) groups is 1. The van der Waals surface area contributed by atoms with Crippen LogP contribution in [0.25, 0.3) is 11.0 Å². The summed E-state index contributed by atoms with van der Waals surface area (Å²) in [6.45, 7) is 4.34. The number of ether oxygens (including phenoxy) is 1. The number of fused-ring (bicyclic) bond motifs is 1. The van der Waals surface area contributed by atoms with Crippen LogP contribution in [0.15, 0.2) is 24.3 Å². The van der Waals surface area contributed by atoms with E-state index in [2.05, 4.69) is 22.9 Å². The molecule has 1 saturated heterocycles. The molecule has 1 unspecified atom stereocenters. The third-order valence-electron chi connectivity index (χ3n) is 4.86. The molecule has 1 aliphatic heterocycles. The van der Waals surface area contributed by atoms with Crippen LogP contribution < -0.4 is 5.32 Å². The van der Waals surface area contributed by atoms with E-state index in [0.717, 1.165) is 42.7 Å². The van der Waals surface area contributed by atoms with Crippen LogP contribution in [-0.4, -0.2) is 28.2 Å². The molecule has 1 fully saturated rings. The maximum atomic E-state index is 12.2. The second-order valence-corrected chi connectivity index (χ2v) is 6.80. The Hall–Kier alpha value is -1.88. The average Bonchev–Trinajstić information content (AvgIpc) is 3.28. The van der Waals surface area contributed by atoms with E-state index >= 15 is 0 Å². The normalized spacial score (nSPS) is 17.2. The van der Waals surface area contributed by atoms with E-state index in [1.165, 1.54) is 25.7 Å². The van der Waals surface area contributed by atoms with Crippen LogP contribution in [0.4, 0.5) is 0 Å². The number of hydrogen-bond donors (Lipinski definition) is 1. The van der Waals surface area contributed by atoms with Crippen LogP contribution in [-0.2, 0) is 22.6 Å². The van der Waals surface area contributed by atoms with Crippen molar-refractivity contribution in [2.75, 3.05) is 6.61 Å². The van der Waals surface area contributed by atoms with Crippen LogP contribution in [0.2, 0.25) is 0 Å². The predicted molar refractivity (Wildman–Crippen MR) is 99.3 cm³/mol. The Morgan fingerprint density at radius 2 is 2.12 bits per heavy atom. The predicted octanol–water partition coefficient (Wildman–Crippen LogP) is 3.80. The van der Waals surface area contributed by atoms with Gasteiger partial charge in [-0.1, -0.05) is 44.7 Å². The number of para-hydroxylation sites is 2. The molecule has 0 bridgehead atoms. The monoisotopic (exact) mass is 343 g/mol. The molecule has 1 atom stereocenters. The molecule has 3 rings (SSSR count). The van der Waals surface area contributed by atoms with E-state index in [4.69, 9.17) is 9.72 Å². The average molecular weight is 343 g/mol. The van der Waals surface area contributed by atoms with Gasteiger partial charge in [0.1, 0.15) is 11.9 Å². The molecule has 1 aromatic carbocycles. The minimum Gasteiger partial charge on any atom is -0.368 e. The highest BCUT2D eigenvalue weighted by molar-refractivity contribution is 5.81. The SMILES string of the molecule is CCCCCCCn1c(CNC(=O)C2CCCO2)nc2ccccc21. The molecule has 1 aromatic heterocycles. The fourth-order valence-corrected chi connectivity index (χ4v) is 3.45. The number of rotatable bonds is 9. The molecule has 5 nitrogen and oxygen atoms in total. The van der Waals surface area contributed by atoms with Crippen LogP contribution in [0.1, 0.15) is 57.7 Å². The van der Waals surface area contributed by atoms with Crippen molar-refractivity contribution in [3.05, 3.63) is 30.1 Å². The second-order valence-electron chi connectivity index (χ2n) is 6.80. The minimum absolute atomic E-state index is 0.0148. The molecule has 1 N–H and O–H groups in total. The molecule has 1 amide bonds. The lowest BCUT2D eigenvalue weighted by Crippen LogP contribution is -2.34. The summed E-state index contributed by atoms with van der Waals surface area (Å²) in [7, 11) is 0. The van der Waals surface area contributed by atoms with E-state index in [9.17, 15) is 4.79 Å². The van der Waals surface area contributed by atoms with Crippen LogP contribution in [0.5, 0.6) is 0 Å². The van der Waals surface area contributed by atoms with E-state index in [0.29, 0.717) is 13.2 Å². The molecule has 2 aromatic rings. The van der Waals surface area contributed by atoms with Gasteiger partial charge in [-0.25, -0.2) is 4.98 Å². The molecular weight excluding hydrogens is 314 g/mol. The van der Waals surface area contributed by atoms with Crippen molar-refractivity contribution in [2.24, 2.45) is 0 Å². The number of aryl methyl sites for hydroxylation is 1. The quantitative estimate of drug-likeness (QED) is 0.705. The Bertz CT molecular complexity index is 689. The number of benzene rings is 1. The molecule has 25 heavy (non-hydrogen) atoms. The highest BCUT2D eigenvalue weighted by Gasteiger charge is 2.23. The van der Waals surface area contributed by atoms with Crippen molar-refractivity contribution in [1.82, 2.24) is 14.9 Å². The fraction of sp³-hybridized carbons (Fsp3) is 0.600. The zero-order valence-electron chi connectivity index (χ0n) is 15.2. The molecule has 2 heterocycles. The molecule has 0 radical (unpaired) electrons. The second kappa shape index (κ2) is 8.99. The van der Waals surface area contributed by atoms with Crippen molar-refractivity contribution in [3.8, 4) is 0 Å². The third-order valence-corrected chi connectivity index (χ3v) is 4.86. The van der Waals surface area contributed by atoms with Crippen molar-refractivity contribution in [2.45, 2.75) is 71.1 Å². The van der Waals surface area contributed by atoms with Gasteiger partial charge in [0.15, 0.2) is 0 Å². The van der Waals surface area contributed by atoms with Gasteiger partial charge in [-0.3, -0.25) is 4.79 Å². The van der Waals surface area contributed by atoms with Gasteiger partial charge in [-0.15, -0.1) is 0 Å². The lowest BCUT2D eigenvalue weighted by molar-refractivity contribution is -0.130. The molecular formula is C20H29N3O2. The Balaban J connectivity index is 1.65. The first kappa shape index (κ1) is 17.9. The maximum absolute atomic E-state index is 12.2. The van der Waals surface area contributed by atoms with Crippen molar-refractivity contribution in [1.29, 1.82) is 0 Å². The molecule has 0 spiro atoms. The Morgan fingerprint density at radius 1 is 1.28 bits per heavy atom. The molecule has 0 aliphatic carbocycles. The van der Waals surface area contributed by atoms with Gasteiger partial charge < -0.3 is 14.6 Å². The standard InChI is InChI=1S/C20H29N3O2/c1-2-3-4-5-8-13-23-17-11-7-6-10-16(17)22-19(23)15-21-20(24)18-12-9-14-25-18/h6-7,10-11,18H,2-5,8-9,12-15H2,1H3,(H,21,24).